The molecule has 19 heavy (non-hydrogen) atoms. The van der Waals surface area contributed by atoms with E-state index in [1.54, 1.807) is 6.20 Å². The fourth-order valence-corrected chi connectivity index (χ4v) is 2.37. The Bertz CT molecular complexity index is 433. The van der Waals surface area contributed by atoms with Crippen LogP contribution in [0.3, 0.4) is 0 Å². The second kappa shape index (κ2) is 5.55. The van der Waals surface area contributed by atoms with E-state index in [4.69, 9.17) is 0 Å². The quantitative estimate of drug-likeness (QED) is 0.849. The topological polar surface area (TPSA) is 64.1 Å². The van der Waals surface area contributed by atoms with Crippen LogP contribution in [0.2, 0.25) is 0 Å². The van der Waals surface area contributed by atoms with Gasteiger partial charge in [0.05, 0.1) is 19.5 Å². The molecule has 0 unspecified atom stereocenters. The van der Waals surface area contributed by atoms with E-state index in [2.05, 4.69) is 33.9 Å². The maximum Gasteiger partial charge on any atom is 0.358 e. The number of ether oxygens (including phenoxy) is 1. The molecule has 0 aliphatic heterocycles. The minimum absolute atomic E-state index is 0.234. The van der Waals surface area contributed by atoms with Crippen LogP contribution in [0.1, 0.15) is 50.0 Å². The Balaban J connectivity index is 1.92. The van der Waals surface area contributed by atoms with Gasteiger partial charge in [-0.3, -0.25) is 0 Å². The standard InChI is InChI=1S/C14H21N3O2/c1-14(2)6-4-10(5-7-14)17-12-9-15-11(8-16-12)13(18)19-3/h8-10H,4-7H2,1-3H3,(H,16,17). The first-order chi connectivity index (χ1) is 9.00. The normalized spacial score (nSPS) is 18.9. The van der Waals surface area contributed by atoms with Crippen LogP contribution in [-0.4, -0.2) is 29.1 Å². The minimum atomic E-state index is -0.460. The van der Waals surface area contributed by atoms with Crippen molar-refractivity contribution in [2.24, 2.45) is 5.41 Å². The lowest BCUT2D eigenvalue weighted by molar-refractivity contribution is 0.0593. The second-order valence-corrected chi connectivity index (χ2v) is 5.86. The first kappa shape index (κ1) is 13.8. The molecule has 104 valence electrons. The van der Waals surface area contributed by atoms with Crippen LogP contribution in [0, 0.1) is 5.41 Å². The van der Waals surface area contributed by atoms with Gasteiger partial charge in [0.25, 0.3) is 0 Å². The van der Waals surface area contributed by atoms with Gasteiger partial charge in [0.2, 0.25) is 0 Å². The van der Waals surface area contributed by atoms with Crippen molar-refractivity contribution in [2.45, 2.75) is 45.6 Å². The molecule has 1 saturated carbocycles. The van der Waals surface area contributed by atoms with Crippen molar-refractivity contribution in [1.29, 1.82) is 0 Å². The average molecular weight is 263 g/mol. The Kier molecular flexibility index (Phi) is 4.02. The molecular formula is C14H21N3O2. The maximum atomic E-state index is 11.2. The average Bonchev–Trinajstić information content (AvgIpc) is 2.41. The molecule has 1 aromatic heterocycles. The molecule has 0 bridgehead atoms. The van der Waals surface area contributed by atoms with Crippen LogP contribution in [0.15, 0.2) is 12.4 Å². The van der Waals surface area contributed by atoms with Gasteiger partial charge in [-0.1, -0.05) is 13.8 Å². The molecule has 0 spiro atoms. The van der Waals surface area contributed by atoms with E-state index in [0.29, 0.717) is 11.5 Å². The summed E-state index contributed by atoms with van der Waals surface area (Å²) in [6.07, 6.45) is 7.77. The van der Waals surface area contributed by atoms with Gasteiger partial charge in [-0.05, 0) is 31.1 Å². The first-order valence-electron chi connectivity index (χ1n) is 6.67. The van der Waals surface area contributed by atoms with Gasteiger partial charge in [-0.2, -0.15) is 0 Å². The molecule has 1 aromatic rings. The smallest absolute Gasteiger partial charge is 0.358 e. The summed E-state index contributed by atoms with van der Waals surface area (Å²) in [7, 11) is 1.33. The summed E-state index contributed by atoms with van der Waals surface area (Å²) in [5.41, 5.74) is 0.691. The zero-order valence-electron chi connectivity index (χ0n) is 11.8. The molecule has 0 atom stereocenters. The number of carbonyl (C=O) groups excluding carboxylic acids is 1. The van der Waals surface area contributed by atoms with E-state index in [9.17, 15) is 4.79 Å². The molecular weight excluding hydrogens is 242 g/mol. The fourth-order valence-electron chi connectivity index (χ4n) is 2.37. The number of anilines is 1. The fraction of sp³-hybridized carbons (Fsp3) is 0.643. The third-order valence-corrected chi connectivity index (χ3v) is 3.74. The molecule has 0 saturated heterocycles. The number of nitrogens with zero attached hydrogens (tertiary/aromatic N) is 2. The van der Waals surface area contributed by atoms with E-state index >= 15 is 0 Å². The molecule has 1 N–H and O–H groups in total. The third-order valence-electron chi connectivity index (χ3n) is 3.74. The number of hydrogen-bond donors (Lipinski definition) is 1. The van der Waals surface area contributed by atoms with Crippen molar-refractivity contribution >= 4 is 11.8 Å². The number of hydrogen-bond acceptors (Lipinski definition) is 5. The second-order valence-electron chi connectivity index (χ2n) is 5.86. The Morgan fingerprint density at radius 1 is 1.32 bits per heavy atom. The Labute approximate surface area is 113 Å². The van der Waals surface area contributed by atoms with Crippen LogP contribution in [0.5, 0.6) is 0 Å². The summed E-state index contributed by atoms with van der Waals surface area (Å²) in [5.74, 6) is 0.260. The van der Waals surface area contributed by atoms with Crippen LogP contribution >= 0.6 is 0 Å². The first-order valence-corrected chi connectivity index (χ1v) is 6.67. The number of aromatic nitrogens is 2. The summed E-state index contributed by atoms with van der Waals surface area (Å²) in [6, 6.07) is 0.450. The highest BCUT2D eigenvalue weighted by atomic mass is 16.5. The number of esters is 1. The molecule has 0 amide bonds. The molecule has 5 heteroatoms. The lowest BCUT2D eigenvalue weighted by atomic mass is 9.75. The maximum absolute atomic E-state index is 11.2. The molecule has 1 fully saturated rings. The molecule has 0 radical (unpaired) electrons. The highest BCUT2D eigenvalue weighted by Gasteiger charge is 2.26. The monoisotopic (exact) mass is 263 g/mol. The third kappa shape index (κ3) is 3.66. The lowest BCUT2D eigenvalue weighted by Gasteiger charge is -2.34. The summed E-state index contributed by atoms with van der Waals surface area (Å²) in [5, 5.41) is 3.38. The largest absolute Gasteiger partial charge is 0.464 e. The highest BCUT2D eigenvalue weighted by Crippen LogP contribution is 2.35. The van der Waals surface area contributed by atoms with E-state index in [1.807, 2.05) is 0 Å². The molecule has 1 aliphatic rings. The number of methoxy groups -OCH3 is 1. The van der Waals surface area contributed by atoms with Crippen molar-refractivity contribution < 1.29 is 9.53 Å². The van der Waals surface area contributed by atoms with Crippen molar-refractivity contribution in [3.8, 4) is 0 Å². The lowest BCUT2D eigenvalue weighted by Crippen LogP contribution is -2.30. The van der Waals surface area contributed by atoms with Gasteiger partial charge in [-0.25, -0.2) is 14.8 Å². The van der Waals surface area contributed by atoms with Gasteiger partial charge < -0.3 is 10.1 Å². The van der Waals surface area contributed by atoms with E-state index < -0.39 is 5.97 Å². The molecule has 2 rings (SSSR count). The highest BCUT2D eigenvalue weighted by molar-refractivity contribution is 5.86. The molecule has 5 nitrogen and oxygen atoms in total. The van der Waals surface area contributed by atoms with E-state index in [0.717, 1.165) is 18.7 Å². The van der Waals surface area contributed by atoms with E-state index in [-0.39, 0.29) is 5.69 Å². The Morgan fingerprint density at radius 2 is 2.00 bits per heavy atom. The van der Waals surface area contributed by atoms with Crippen molar-refractivity contribution in [2.75, 3.05) is 12.4 Å². The molecule has 1 heterocycles. The van der Waals surface area contributed by atoms with Gasteiger partial charge in [0.15, 0.2) is 5.69 Å². The Morgan fingerprint density at radius 3 is 2.53 bits per heavy atom. The van der Waals surface area contributed by atoms with Crippen LogP contribution in [0.25, 0.3) is 0 Å². The number of rotatable bonds is 3. The zero-order valence-corrected chi connectivity index (χ0v) is 11.8. The van der Waals surface area contributed by atoms with Gasteiger partial charge >= 0.3 is 5.97 Å². The molecule has 0 aromatic carbocycles. The van der Waals surface area contributed by atoms with Crippen LogP contribution in [-0.2, 0) is 4.74 Å². The van der Waals surface area contributed by atoms with Crippen LogP contribution < -0.4 is 5.32 Å². The Hall–Kier alpha value is -1.65. The SMILES string of the molecule is COC(=O)c1cnc(NC2CCC(C)(C)CC2)cn1. The number of carbonyl (C=O) groups is 1. The van der Waals surface area contributed by atoms with Crippen molar-refractivity contribution in [3.63, 3.8) is 0 Å². The summed E-state index contributed by atoms with van der Waals surface area (Å²) >= 11 is 0. The zero-order chi connectivity index (χ0) is 13.9. The van der Waals surface area contributed by atoms with Crippen molar-refractivity contribution in [3.05, 3.63) is 18.1 Å². The summed E-state index contributed by atoms with van der Waals surface area (Å²) in [6.45, 7) is 4.63. The predicted octanol–water partition coefficient (Wildman–Crippen LogP) is 2.64. The van der Waals surface area contributed by atoms with Gasteiger partial charge in [0, 0.05) is 6.04 Å². The minimum Gasteiger partial charge on any atom is -0.464 e. The number of nitrogens with one attached hydrogen (secondary N) is 1. The summed E-state index contributed by atoms with van der Waals surface area (Å²) < 4.78 is 4.59. The predicted molar refractivity (Wildman–Crippen MR) is 73.0 cm³/mol. The molecule has 1 aliphatic carbocycles. The van der Waals surface area contributed by atoms with Crippen LogP contribution in [0.4, 0.5) is 5.82 Å². The van der Waals surface area contributed by atoms with Gasteiger partial charge in [-0.15, -0.1) is 0 Å². The summed E-state index contributed by atoms with van der Waals surface area (Å²) in [4.78, 5) is 19.5. The van der Waals surface area contributed by atoms with Gasteiger partial charge in [0.1, 0.15) is 5.82 Å². The van der Waals surface area contributed by atoms with Crippen molar-refractivity contribution in [1.82, 2.24) is 9.97 Å². The van der Waals surface area contributed by atoms with E-state index in [1.165, 1.54) is 26.1 Å².